The van der Waals surface area contributed by atoms with Crippen LogP contribution in [0.3, 0.4) is 0 Å². The average Bonchev–Trinajstić information content (AvgIpc) is 2.50. The second-order valence-corrected chi connectivity index (χ2v) is 5.90. The van der Waals surface area contributed by atoms with E-state index in [0.29, 0.717) is 6.04 Å². The molecule has 0 heterocycles. The molecule has 1 rings (SSSR count). The van der Waals surface area contributed by atoms with Crippen molar-refractivity contribution in [3.8, 4) is 0 Å². The minimum atomic E-state index is 0.687. The Labute approximate surface area is 126 Å². The first-order valence-electron chi connectivity index (χ1n) is 8.59. The van der Waals surface area contributed by atoms with Gasteiger partial charge < -0.3 is 5.32 Å². The fraction of sp³-hybridized carbons (Fsp3) is 0.684. The monoisotopic (exact) mass is 275 g/mol. The van der Waals surface area contributed by atoms with Crippen molar-refractivity contribution in [2.24, 2.45) is 5.92 Å². The summed E-state index contributed by atoms with van der Waals surface area (Å²) in [6.07, 6.45) is 9.06. The second-order valence-electron chi connectivity index (χ2n) is 5.90. The molecule has 1 heteroatoms. The molecule has 2 atom stereocenters. The van der Waals surface area contributed by atoms with Gasteiger partial charge in [0.2, 0.25) is 0 Å². The van der Waals surface area contributed by atoms with E-state index in [1.165, 1.54) is 50.5 Å². The van der Waals surface area contributed by atoms with E-state index in [1.807, 2.05) is 0 Å². The lowest BCUT2D eigenvalue weighted by atomic mass is 9.87. The van der Waals surface area contributed by atoms with Gasteiger partial charge in [-0.05, 0) is 43.7 Å². The van der Waals surface area contributed by atoms with Gasteiger partial charge in [-0.15, -0.1) is 0 Å². The summed E-state index contributed by atoms with van der Waals surface area (Å²) in [7, 11) is 0. The third-order valence-electron chi connectivity index (χ3n) is 4.27. The van der Waals surface area contributed by atoms with Gasteiger partial charge >= 0.3 is 0 Å². The van der Waals surface area contributed by atoms with Gasteiger partial charge in [-0.3, -0.25) is 0 Å². The maximum atomic E-state index is 3.80. The van der Waals surface area contributed by atoms with E-state index in [1.54, 1.807) is 0 Å². The van der Waals surface area contributed by atoms with Crippen molar-refractivity contribution in [3.63, 3.8) is 0 Å². The second kappa shape index (κ2) is 10.9. The highest BCUT2D eigenvalue weighted by Gasteiger charge is 2.18. The zero-order valence-electron chi connectivity index (χ0n) is 13.7. The Morgan fingerprint density at radius 1 is 0.950 bits per heavy atom. The Balaban J connectivity index is 2.52. The lowest BCUT2D eigenvalue weighted by Gasteiger charge is -2.27. The molecule has 20 heavy (non-hydrogen) atoms. The van der Waals surface area contributed by atoms with Gasteiger partial charge in [-0.25, -0.2) is 0 Å². The van der Waals surface area contributed by atoms with Gasteiger partial charge in [0.15, 0.2) is 0 Å². The topological polar surface area (TPSA) is 12.0 Å². The van der Waals surface area contributed by atoms with E-state index < -0.39 is 0 Å². The molecule has 0 saturated carbocycles. The number of hydrogen-bond acceptors (Lipinski definition) is 1. The summed E-state index contributed by atoms with van der Waals surface area (Å²) >= 11 is 0. The number of hydrogen-bond donors (Lipinski definition) is 1. The van der Waals surface area contributed by atoms with Crippen LogP contribution in [0.1, 0.15) is 64.9 Å². The number of unbranched alkanes of at least 4 members (excludes halogenated alkanes) is 1. The van der Waals surface area contributed by atoms with E-state index in [0.717, 1.165) is 12.5 Å². The summed E-state index contributed by atoms with van der Waals surface area (Å²) in [6.45, 7) is 8.06. The highest BCUT2D eigenvalue weighted by molar-refractivity contribution is 5.14. The highest BCUT2D eigenvalue weighted by atomic mass is 14.9. The number of nitrogens with one attached hydrogen (secondary N) is 1. The molecule has 2 unspecified atom stereocenters. The van der Waals surface area contributed by atoms with Gasteiger partial charge in [0.05, 0.1) is 0 Å². The Kier molecular flexibility index (Phi) is 9.40. The average molecular weight is 275 g/mol. The van der Waals surface area contributed by atoms with Gasteiger partial charge in [0.25, 0.3) is 0 Å². The van der Waals surface area contributed by atoms with Crippen LogP contribution in [0.2, 0.25) is 0 Å². The number of benzene rings is 1. The molecule has 1 aromatic rings. The predicted molar refractivity (Wildman–Crippen MR) is 90.2 cm³/mol. The molecule has 0 aliphatic rings. The minimum Gasteiger partial charge on any atom is -0.314 e. The first-order chi connectivity index (χ1) is 9.81. The van der Waals surface area contributed by atoms with Crippen LogP contribution >= 0.6 is 0 Å². The van der Waals surface area contributed by atoms with Gasteiger partial charge in [0, 0.05) is 6.04 Å². The summed E-state index contributed by atoms with van der Waals surface area (Å²) in [5, 5.41) is 3.80. The molecule has 0 bridgehead atoms. The standard InChI is InChI=1S/C19H33N/c1-4-7-13-18(6-3)19(20-16-5-2)15-14-17-11-9-8-10-12-17/h8-12,18-20H,4-7,13-16H2,1-3H3. The first-order valence-corrected chi connectivity index (χ1v) is 8.59. The molecule has 0 radical (unpaired) electrons. The van der Waals surface area contributed by atoms with Gasteiger partial charge in [-0.2, -0.15) is 0 Å². The minimum absolute atomic E-state index is 0.687. The fourth-order valence-corrected chi connectivity index (χ4v) is 2.96. The van der Waals surface area contributed by atoms with Crippen LogP contribution in [-0.2, 0) is 6.42 Å². The number of aryl methyl sites for hydroxylation is 1. The van der Waals surface area contributed by atoms with Crippen LogP contribution in [0.5, 0.6) is 0 Å². The molecule has 0 fully saturated rings. The zero-order chi connectivity index (χ0) is 14.6. The van der Waals surface area contributed by atoms with Crippen molar-refractivity contribution in [3.05, 3.63) is 35.9 Å². The van der Waals surface area contributed by atoms with Crippen molar-refractivity contribution < 1.29 is 0 Å². The largest absolute Gasteiger partial charge is 0.314 e. The quantitative estimate of drug-likeness (QED) is 0.585. The molecule has 1 N–H and O–H groups in total. The number of rotatable bonds is 11. The summed E-state index contributed by atoms with van der Waals surface area (Å²) in [6, 6.07) is 11.6. The molecule has 0 aromatic heterocycles. The Morgan fingerprint density at radius 3 is 2.30 bits per heavy atom. The molecule has 114 valence electrons. The van der Waals surface area contributed by atoms with Crippen molar-refractivity contribution >= 4 is 0 Å². The smallest absolute Gasteiger partial charge is 0.00983 e. The molecule has 0 saturated heterocycles. The molecular weight excluding hydrogens is 242 g/mol. The highest BCUT2D eigenvalue weighted by Crippen LogP contribution is 2.21. The lowest BCUT2D eigenvalue weighted by molar-refractivity contribution is 0.303. The van der Waals surface area contributed by atoms with Crippen LogP contribution in [-0.4, -0.2) is 12.6 Å². The van der Waals surface area contributed by atoms with E-state index >= 15 is 0 Å². The molecule has 0 amide bonds. The first kappa shape index (κ1) is 17.2. The summed E-state index contributed by atoms with van der Waals surface area (Å²) in [5.41, 5.74) is 1.47. The van der Waals surface area contributed by atoms with Crippen LogP contribution in [0.15, 0.2) is 30.3 Å². The Morgan fingerprint density at radius 2 is 1.70 bits per heavy atom. The van der Waals surface area contributed by atoms with Crippen molar-refractivity contribution in [2.45, 2.75) is 71.8 Å². The molecule has 0 aliphatic heterocycles. The third kappa shape index (κ3) is 6.56. The van der Waals surface area contributed by atoms with Crippen molar-refractivity contribution in [1.29, 1.82) is 0 Å². The maximum Gasteiger partial charge on any atom is 0.00983 e. The van der Waals surface area contributed by atoms with Gasteiger partial charge in [-0.1, -0.05) is 70.4 Å². The van der Waals surface area contributed by atoms with E-state index in [9.17, 15) is 0 Å². The van der Waals surface area contributed by atoms with Crippen LogP contribution in [0.4, 0.5) is 0 Å². The van der Waals surface area contributed by atoms with E-state index in [4.69, 9.17) is 0 Å². The Hall–Kier alpha value is -0.820. The molecule has 0 spiro atoms. The Bertz CT molecular complexity index is 320. The third-order valence-corrected chi connectivity index (χ3v) is 4.27. The summed E-state index contributed by atoms with van der Waals surface area (Å²) in [5.74, 6) is 0.838. The van der Waals surface area contributed by atoms with Crippen LogP contribution in [0, 0.1) is 5.92 Å². The van der Waals surface area contributed by atoms with Crippen molar-refractivity contribution in [2.75, 3.05) is 6.54 Å². The lowest BCUT2D eigenvalue weighted by Crippen LogP contribution is -2.37. The summed E-state index contributed by atoms with van der Waals surface area (Å²) < 4.78 is 0. The normalized spacial score (nSPS) is 14.2. The summed E-state index contributed by atoms with van der Waals surface area (Å²) in [4.78, 5) is 0. The van der Waals surface area contributed by atoms with Gasteiger partial charge in [0.1, 0.15) is 0 Å². The van der Waals surface area contributed by atoms with E-state index in [-0.39, 0.29) is 0 Å². The SMILES string of the molecule is CCCCC(CC)C(CCc1ccccc1)NCCC. The zero-order valence-corrected chi connectivity index (χ0v) is 13.7. The predicted octanol–water partition coefficient (Wildman–Crippen LogP) is 5.20. The van der Waals surface area contributed by atoms with E-state index in [2.05, 4.69) is 56.4 Å². The fourth-order valence-electron chi connectivity index (χ4n) is 2.96. The molecule has 1 aromatic carbocycles. The van der Waals surface area contributed by atoms with Crippen LogP contribution in [0.25, 0.3) is 0 Å². The maximum absolute atomic E-state index is 3.80. The molecule has 1 nitrogen and oxygen atoms in total. The molecule has 0 aliphatic carbocycles. The molecular formula is C19H33N. The van der Waals surface area contributed by atoms with Crippen molar-refractivity contribution in [1.82, 2.24) is 5.32 Å². The van der Waals surface area contributed by atoms with Crippen LogP contribution < -0.4 is 5.32 Å².